The summed E-state index contributed by atoms with van der Waals surface area (Å²) in [5.74, 6) is 3.38. The van der Waals surface area contributed by atoms with Crippen LogP contribution < -0.4 is 10.2 Å². The number of carbonyl (C=O) groups excluding carboxylic acids is 2. The van der Waals surface area contributed by atoms with Gasteiger partial charge in [0, 0.05) is 38.3 Å². The van der Waals surface area contributed by atoms with E-state index >= 15 is 0 Å². The quantitative estimate of drug-likeness (QED) is 0.285. The van der Waals surface area contributed by atoms with Crippen molar-refractivity contribution in [3.05, 3.63) is 84.1 Å². The Morgan fingerprint density at radius 1 is 0.800 bits per heavy atom. The summed E-state index contributed by atoms with van der Waals surface area (Å²) in [6, 6.07) is 22.6. The van der Waals surface area contributed by atoms with E-state index in [-0.39, 0.29) is 23.0 Å². The van der Waals surface area contributed by atoms with Gasteiger partial charge in [-0.2, -0.15) is 0 Å². The number of aromatic hydroxyl groups is 1. The number of hydrogen-bond acceptors (Lipinski definition) is 6. The second-order valence-electron chi connectivity index (χ2n) is 13.9. The van der Waals surface area contributed by atoms with E-state index in [1.807, 2.05) is 59.5 Å². The first-order valence-corrected chi connectivity index (χ1v) is 16.4. The molecule has 8 nitrogen and oxygen atoms in total. The number of phenolic OH excluding ortho intramolecular Hbond substituents is 1. The molecule has 4 aromatic rings. The Balaban J connectivity index is 0.900. The van der Waals surface area contributed by atoms with Crippen molar-refractivity contribution in [3.63, 3.8) is 0 Å². The SMILES string of the molecule is O=C(NCC12CC3CC(CC(C3)C1)C2)c1ccc(N2CCN(C(=O)c3ccc(-c4cccc(O)c4)c4ccccc34)CC2)nn1. The Kier molecular flexibility index (Phi) is 6.96. The first-order valence-electron chi connectivity index (χ1n) is 16.4. The number of nitrogens with one attached hydrogen (secondary N) is 1. The summed E-state index contributed by atoms with van der Waals surface area (Å²) >= 11 is 0. The molecule has 9 rings (SSSR count). The maximum Gasteiger partial charge on any atom is 0.271 e. The molecule has 2 heterocycles. The second kappa shape index (κ2) is 11.2. The van der Waals surface area contributed by atoms with Gasteiger partial charge in [0.15, 0.2) is 11.5 Å². The molecule has 4 bridgehead atoms. The number of benzene rings is 3. The third-order valence-electron chi connectivity index (χ3n) is 10.9. The summed E-state index contributed by atoms with van der Waals surface area (Å²) in [5.41, 5.74) is 3.21. The molecule has 0 unspecified atom stereocenters. The third kappa shape index (κ3) is 5.30. The molecule has 5 fully saturated rings. The zero-order valence-corrected chi connectivity index (χ0v) is 25.5. The van der Waals surface area contributed by atoms with Crippen molar-refractivity contribution in [2.45, 2.75) is 38.5 Å². The molecule has 3 aromatic carbocycles. The number of carbonyl (C=O) groups is 2. The lowest BCUT2D eigenvalue weighted by molar-refractivity contribution is -0.0503. The minimum absolute atomic E-state index is 0.00503. The van der Waals surface area contributed by atoms with Crippen LogP contribution in [0.25, 0.3) is 21.9 Å². The number of hydrogen-bond donors (Lipinski definition) is 2. The normalized spacial score (nSPS) is 25.5. The van der Waals surface area contributed by atoms with E-state index in [0.29, 0.717) is 37.4 Å². The van der Waals surface area contributed by atoms with Crippen LogP contribution in [0.3, 0.4) is 0 Å². The lowest BCUT2D eigenvalue weighted by Crippen LogP contribution is -2.51. The average molecular weight is 602 g/mol. The fraction of sp³-hybridized carbons (Fsp3) is 0.405. The Hall–Kier alpha value is -4.46. The van der Waals surface area contributed by atoms with Crippen molar-refractivity contribution >= 4 is 28.4 Å². The van der Waals surface area contributed by atoms with E-state index in [1.54, 1.807) is 18.2 Å². The van der Waals surface area contributed by atoms with Gasteiger partial charge in [-0.1, -0.05) is 42.5 Å². The van der Waals surface area contributed by atoms with Crippen LogP contribution in [-0.4, -0.2) is 64.7 Å². The molecule has 1 saturated heterocycles. The molecule has 4 saturated carbocycles. The summed E-state index contributed by atoms with van der Waals surface area (Å²) in [5, 5.41) is 23.8. The van der Waals surface area contributed by atoms with Gasteiger partial charge in [0.1, 0.15) is 5.75 Å². The van der Waals surface area contributed by atoms with Crippen LogP contribution >= 0.6 is 0 Å². The van der Waals surface area contributed by atoms with Gasteiger partial charge in [-0.3, -0.25) is 9.59 Å². The Labute approximate surface area is 263 Å². The first kappa shape index (κ1) is 28.0. The molecule has 4 aliphatic carbocycles. The number of anilines is 1. The molecular weight excluding hydrogens is 562 g/mol. The number of piperazine rings is 1. The Morgan fingerprint density at radius 2 is 1.51 bits per heavy atom. The van der Waals surface area contributed by atoms with Gasteiger partial charge >= 0.3 is 0 Å². The summed E-state index contributed by atoms with van der Waals surface area (Å²) in [6.45, 7) is 3.16. The molecule has 2 amide bonds. The second-order valence-corrected chi connectivity index (χ2v) is 13.9. The van der Waals surface area contributed by atoms with Crippen LogP contribution in [-0.2, 0) is 0 Å². The lowest BCUT2D eigenvalue weighted by Gasteiger charge is -2.56. The highest BCUT2D eigenvalue weighted by atomic mass is 16.3. The van der Waals surface area contributed by atoms with E-state index in [1.165, 1.54) is 38.5 Å². The Morgan fingerprint density at radius 3 is 2.18 bits per heavy atom. The monoisotopic (exact) mass is 601 g/mol. The van der Waals surface area contributed by atoms with Crippen molar-refractivity contribution in [1.29, 1.82) is 0 Å². The lowest BCUT2D eigenvalue weighted by atomic mass is 9.49. The van der Waals surface area contributed by atoms with Crippen LogP contribution in [0.15, 0.2) is 72.8 Å². The van der Waals surface area contributed by atoms with Gasteiger partial charge in [0.25, 0.3) is 11.8 Å². The highest BCUT2D eigenvalue weighted by Gasteiger charge is 2.50. The van der Waals surface area contributed by atoms with E-state index < -0.39 is 0 Å². The number of aromatic nitrogens is 2. The standard InChI is InChI=1S/C37H39N5O3/c43-28-5-3-4-27(19-28)29-8-9-32(31-7-2-1-6-30(29)31)36(45)42-14-12-41(13-15-42)34-11-10-33(39-40-34)35(44)38-23-37-20-24-16-25(21-37)18-26(17-24)22-37/h1-11,19,24-26,43H,12-18,20-23H2,(H,38,44). The minimum Gasteiger partial charge on any atom is -0.508 e. The molecule has 0 spiro atoms. The van der Waals surface area contributed by atoms with Crippen LogP contribution in [0.1, 0.15) is 59.4 Å². The molecule has 1 aromatic heterocycles. The molecule has 0 radical (unpaired) electrons. The van der Waals surface area contributed by atoms with Gasteiger partial charge < -0.3 is 20.2 Å². The largest absolute Gasteiger partial charge is 0.508 e. The van der Waals surface area contributed by atoms with Crippen LogP contribution in [0, 0.1) is 23.2 Å². The number of nitrogens with zero attached hydrogens (tertiary/aromatic N) is 4. The molecule has 230 valence electrons. The van der Waals surface area contributed by atoms with E-state index in [0.717, 1.165) is 52.0 Å². The molecule has 2 N–H and O–H groups in total. The number of fused-ring (bicyclic) bond motifs is 1. The predicted molar refractivity (Wildman–Crippen MR) is 174 cm³/mol. The summed E-state index contributed by atoms with van der Waals surface area (Å²) < 4.78 is 0. The summed E-state index contributed by atoms with van der Waals surface area (Å²) in [7, 11) is 0. The zero-order valence-electron chi connectivity index (χ0n) is 25.5. The molecule has 45 heavy (non-hydrogen) atoms. The van der Waals surface area contributed by atoms with E-state index in [9.17, 15) is 14.7 Å². The Bertz CT molecular complexity index is 1730. The van der Waals surface area contributed by atoms with Crippen LogP contribution in [0.4, 0.5) is 5.82 Å². The van der Waals surface area contributed by atoms with Crippen LogP contribution in [0.2, 0.25) is 0 Å². The maximum atomic E-state index is 13.7. The fourth-order valence-corrected chi connectivity index (χ4v) is 9.20. The highest BCUT2D eigenvalue weighted by molar-refractivity contribution is 6.11. The van der Waals surface area contributed by atoms with Crippen molar-refractivity contribution in [1.82, 2.24) is 20.4 Å². The third-order valence-corrected chi connectivity index (χ3v) is 10.9. The smallest absolute Gasteiger partial charge is 0.271 e. The maximum absolute atomic E-state index is 13.7. The number of amides is 2. The summed E-state index contributed by atoms with van der Waals surface area (Å²) in [4.78, 5) is 30.8. The van der Waals surface area contributed by atoms with Gasteiger partial charge in [-0.25, -0.2) is 0 Å². The van der Waals surface area contributed by atoms with Crippen molar-refractivity contribution in [2.75, 3.05) is 37.6 Å². The van der Waals surface area contributed by atoms with Crippen molar-refractivity contribution < 1.29 is 14.7 Å². The molecule has 8 heteroatoms. The predicted octanol–water partition coefficient (Wildman–Crippen LogP) is 5.91. The summed E-state index contributed by atoms with van der Waals surface area (Å²) in [6.07, 6.45) is 7.98. The van der Waals surface area contributed by atoms with Gasteiger partial charge in [-0.05, 0) is 114 Å². The fourth-order valence-electron chi connectivity index (χ4n) is 9.20. The topological polar surface area (TPSA) is 98.7 Å². The minimum atomic E-state index is -0.137. The van der Waals surface area contributed by atoms with Gasteiger partial charge in [0.2, 0.25) is 0 Å². The van der Waals surface area contributed by atoms with Gasteiger partial charge in [0.05, 0.1) is 0 Å². The van der Waals surface area contributed by atoms with Crippen molar-refractivity contribution in [3.8, 4) is 16.9 Å². The molecule has 5 aliphatic rings. The first-order chi connectivity index (χ1) is 21.9. The molecule has 1 aliphatic heterocycles. The number of phenols is 1. The van der Waals surface area contributed by atoms with Crippen LogP contribution in [0.5, 0.6) is 5.75 Å². The molecular formula is C37H39N5O3. The number of rotatable bonds is 6. The average Bonchev–Trinajstić information content (AvgIpc) is 3.06. The van der Waals surface area contributed by atoms with Crippen molar-refractivity contribution in [2.24, 2.45) is 23.2 Å². The van der Waals surface area contributed by atoms with E-state index in [2.05, 4.69) is 20.4 Å². The van der Waals surface area contributed by atoms with Gasteiger partial charge in [-0.15, -0.1) is 10.2 Å². The molecule has 0 atom stereocenters. The van der Waals surface area contributed by atoms with E-state index in [4.69, 9.17) is 0 Å². The highest BCUT2D eigenvalue weighted by Crippen LogP contribution is 2.59. The zero-order chi connectivity index (χ0) is 30.5.